The predicted molar refractivity (Wildman–Crippen MR) is 41.0 cm³/mol. The van der Waals surface area contributed by atoms with Gasteiger partial charge in [-0.25, -0.2) is 0 Å². The molecule has 0 unspecified atom stereocenters. The molecule has 0 saturated heterocycles. The first-order valence-electron chi connectivity index (χ1n) is 2.95. The van der Waals surface area contributed by atoms with Crippen LogP contribution in [-0.2, 0) is 0 Å². The normalized spacial score (nSPS) is 10.4. The summed E-state index contributed by atoms with van der Waals surface area (Å²) in [5.41, 5.74) is 0.965. The van der Waals surface area contributed by atoms with E-state index in [2.05, 4.69) is 0 Å². The van der Waals surface area contributed by atoms with Gasteiger partial charge in [0.1, 0.15) is 0 Å². The van der Waals surface area contributed by atoms with E-state index < -0.39 is 15.3 Å². The molecular weight excluding hydrogens is 191 g/mol. The molecular formula is C7H9AsO2. The second kappa shape index (κ2) is 3.20. The first kappa shape index (κ1) is 7.80. The molecule has 2 nitrogen and oxygen atoms in total. The molecule has 0 saturated carbocycles. The number of hydrogen-bond acceptors (Lipinski definition) is 2. The van der Waals surface area contributed by atoms with Crippen LogP contribution < -0.4 is 4.35 Å². The topological polar surface area (TPSA) is 40.5 Å². The zero-order valence-corrected chi connectivity index (χ0v) is 7.53. The van der Waals surface area contributed by atoms with E-state index in [9.17, 15) is 0 Å². The Hall–Kier alpha value is -0.302. The van der Waals surface area contributed by atoms with Gasteiger partial charge in [0.05, 0.1) is 0 Å². The number of rotatable bonds is 1. The molecule has 0 bridgehead atoms. The average molecular weight is 200 g/mol. The van der Waals surface area contributed by atoms with Gasteiger partial charge in [0.15, 0.2) is 0 Å². The molecule has 0 fully saturated rings. The summed E-state index contributed by atoms with van der Waals surface area (Å²) in [6.45, 7) is 1.88. The van der Waals surface area contributed by atoms with Crippen molar-refractivity contribution in [1.29, 1.82) is 0 Å². The minimum atomic E-state index is -2.63. The van der Waals surface area contributed by atoms with Crippen LogP contribution in [0.3, 0.4) is 0 Å². The molecule has 10 heavy (non-hydrogen) atoms. The van der Waals surface area contributed by atoms with Crippen LogP contribution >= 0.6 is 0 Å². The second-order valence-electron chi connectivity index (χ2n) is 2.08. The molecule has 1 rings (SSSR count). The van der Waals surface area contributed by atoms with Gasteiger partial charge >= 0.3 is 64.6 Å². The molecule has 1 aromatic rings. The van der Waals surface area contributed by atoms with Crippen LogP contribution in [0.2, 0.25) is 0 Å². The van der Waals surface area contributed by atoms with E-state index in [1.807, 2.05) is 25.1 Å². The predicted octanol–water partition coefficient (Wildman–Crippen LogP) is -0.325. The summed E-state index contributed by atoms with van der Waals surface area (Å²) in [5, 5.41) is 0. The summed E-state index contributed by atoms with van der Waals surface area (Å²) in [6, 6.07) is 7.34. The second-order valence-corrected chi connectivity index (χ2v) is 4.30. The molecule has 0 aliphatic carbocycles. The third-order valence-corrected chi connectivity index (χ3v) is 3.29. The van der Waals surface area contributed by atoms with Crippen LogP contribution in [0, 0.1) is 6.92 Å². The number of hydrogen-bond donors (Lipinski definition) is 2. The van der Waals surface area contributed by atoms with Crippen molar-refractivity contribution in [2.75, 3.05) is 0 Å². The quantitative estimate of drug-likeness (QED) is 0.609. The van der Waals surface area contributed by atoms with Crippen LogP contribution in [0.25, 0.3) is 0 Å². The average Bonchev–Trinajstić information content (AvgIpc) is 1.88. The van der Waals surface area contributed by atoms with Crippen LogP contribution in [0.5, 0.6) is 0 Å². The zero-order chi connectivity index (χ0) is 7.56. The third-order valence-electron chi connectivity index (χ3n) is 1.33. The third kappa shape index (κ3) is 1.60. The molecule has 0 amide bonds. The van der Waals surface area contributed by atoms with Gasteiger partial charge in [-0.05, 0) is 0 Å². The number of aryl methyl sites for hydroxylation is 1. The Morgan fingerprint density at radius 2 is 1.80 bits per heavy atom. The van der Waals surface area contributed by atoms with Gasteiger partial charge in [0.25, 0.3) is 0 Å². The van der Waals surface area contributed by atoms with Crippen molar-refractivity contribution in [2.24, 2.45) is 0 Å². The van der Waals surface area contributed by atoms with Crippen LogP contribution in [0.15, 0.2) is 24.3 Å². The van der Waals surface area contributed by atoms with Crippen LogP contribution in [-0.4, -0.2) is 23.5 Å². The summed E-state index contributed by atoms with van der Waals surface area (Å²) in [4.78, 5) is 0. The fraction of sp³-hybridized carbons (Fsp3) is 0.143. The zero-order valence-electron chi connectivity index (χ0n) is 5.65. The fourth-order valence-corrected chi connectivity index (χ4v) is 2.07. The van der Waals surface area contributed by atoms with Gasteiger partial charge in [-0.1, -0.05) is 0 Å². The summed E-state index contributed by atoms with van der Waals surface area (Å²) in [5.74, 6) is 0. The maximum absolute atomic E-state index is 8.91. The molecule has 0 atom stereocenters. The van der Waals surface area contributed by atoms with E-state index >= 15 is 0 Å². The first-order chi connectivity index (χ1) is 4.72. The molecule has 0 radical (unpaired) electrons. The fourth-order valence-electron chi connectivity index (χ4n) is 0.788. The van der Waals surface area contributed by atoms with Crippen LogP contribution in [0.4, 0.5) is 0 Å². The van der Waals surface area contributed by atoms with Gasteiger partial charge in [-0.15, -0.1) is 0 Å². The Morgan fingerprint density at radius 3 is 2.20 bits per heavy atom. The van der Waals surface area contributed by atoms with Gasteiger partial charge < -0.3 is 0 Å². The molecule has 0 heterocycles. The Labute approximate surface area is 65.1 Å². The van der Waals surface area contributed by atoms with Gasteiger partial charge in [0.2, 0.25) is 0 Å². The van der Waals surface area contributed by atoms with Crippen molar-refractivity contribution in [3.05, 3.63) is 29.8 Å². The van der Waals surface area contributed by atoms with Crippen molar-refractivity contribution in [3.8, 4) is 0 Å². The van der Waals surface area contributed by atoms with Gasteiger partial charge in [-0.2, -0.15) is 0 Å². The molecule has 54 valence electrons. The van der Waals surface area contributed by atoms with E-state index in [4.69, 9.17) is 8.19 Å². The molecule has 0 aromatic heterocycles. The van der Waals surface area contributed by atoms with E-state index in [-0.39, 0.29) is 0 Å². The Balaban J connectivity index is 3.03. The van der Waals surface area contributed by atoms with Gasteiger partial charge in [-0.3, -0.25) is 0 Å². The van der Waals surface area contributed by atoms with Crippen molar-refractivity contribution in [2.45, 2.75) is 6.92 Å². The van der Waals surface area contributed by atoms with Gasteiger partial charge in [0, 0.05) is 0 Å². The van der Waals surface area contributed by atoms with E-state index in [0.717, 1.165) is 9.91 Å². The molecule has 2 N–H and O–H groups in total. The summed E-state index contributed by atoms with van der Waals surface area (Å²) in [6.07, 6.45) is 0. The SMILES string of the molecule is Cc1ccccc1[As](O)O. The summed E-state index contributed by atoms with van der Waals surface area (Å²) >= 11 is -2.63. The molecule has 1 aromatic carbocycles. The molecule has 0 aliphatic heterocycles. The molecule has 3 heteroatoms. The van der Waals surface area contributed by atoms with E-state index in [1.54, 1.807) is 6.07 Å². The Bertz CT molecular complexity index is 223. The minimum absolute atomic E-state index is 0.718. The molecule has 0 spiro atoms. The monoisotopic (exact) mass is 200 g/mol. The maximum atomic E-state index is 8.91. The standard InChI is InChI=1S/C7H9AsO2/c1-6-4-2-3-5-7(6)8(9)10/h2-5,9-10H,1H3. The van der Waals surface area contributed by atoms with E-state index in [0.29, 0.717) is 0 Å². The van der Waals surface area contributed by atoms with E-state index in [1.165, 1.54) is 0 Å². The van der Waals surface area contributed by atoms with Crippen molar-refractivity contribution >= 4 is 19.7 Å². The first-order valence-corrected chi connectivity index (χ1v) is 5.57. The Kier molecular flexibility index (Phi) is 2.49. The van der Waals surface area contributed by atoms with Crippen molar-refractivity contribution < 1.29 is 8.19 Å². The van der Waals surface area contributed by atoms with Crippen LogP contribution in [0.1, 0.15) is 5.56 Å². The molecule has 0 aliphatic rings. The van der Waals surface area contributed by atoms with Crippen molar-refractivity contribution in [3.63, 3.8) is 0 Å². The number of benzene rings is 1. The summed E-state index contributed by atoms with van der Waals surface area (Å²) < 4.78 is 18.5. The van der Waals surface area contributed by atoms with Crippen molar-refractivity contribution in [1.82, 2.24) is 0 Å². The Morgan fingerprint density at radius 1 is 1.20 bits per heavy atom. The summed E-state index contributed by atoms with van der Waals surface area (Å²) in [7, 11) is 0.